The average Bonchev–Trinajstić information content (AvgIpc) is 2.99. The minimum absolute atomic E-state index is 0.243. The van der Waals surface area contributed by atoms with E-state index < -0.39 is 48.6 Å². The van der Waals surface area contributed by atoms with Gasteiger partial charge in [0.15, 0.2) is 18.5 Å². The van der Waals surface area contributed by atoms with Crippen LogP contribution in [0.4, 0.5) is 0 Å². The molecule has 204 valence electrons. The van der Waals surface area contributed by atoms with Gasteiger partial charge in [-0.1, -0.05) is 54.6 Å². The number of carbonyl (C=O) groups is 3. The summed E-state index contributed by atoms with van der Waals surface area (Å²) < 4.78 is 28.7. The summed E-state index contributed by atoms with van der Waals surface area (Å²) in [7, 11) is 2.73. The first-order valence-corrected chi connectivity index (χ1v) is 12.2. The molecule has 3 aromatic carbocycles. The Balaban J connectivity index is 1.61. The van der Waals surface area contributed by atoms with E-state index in [1.807, 2.05) is 0 Å². The highest BCUT2D eigenvalue weighted by Gasteiger charge is 2.51. The van der Waals surface area contributed by atoms with E-state index >= 15 is 0 Å². The van der Waals surface area contributed by atoms with Crippen LogP contribution >= 0.6 is 0 Å². The summed E-state index contributed by atoms with van der Waals surface area (Å²) in [6, 6.07) is 24.2. The molecule has 1 heterocycles. The zero-order valence-electron chi connectivity index (χ0n) is 21.4. The molecule has 1 saturated heterocycles. The summed E-state index contributed by atoms with van der Waals surface area (Å²) in [5.41, 5.74) is 3.68. The highest BCUT2D eigenvalue weighted by molar-refractivity contribution is 5.90. The topological polar surface area (TPSA) is 119 Å². The van der Waals surface area contributed by atoms with Crippen molar-refractivity contribution in [3.8, 4) is 0 Å². The van der Waals surface area contributed by atoms with E-state index in [1.165, 1.54) is 14.2 Å². The fraction of sp³-hybridized carbons (Fsp3) is 0.276. The van der Waals surface area contributed by atoms with Crippen LogP contribution in [0.3, 0.4) is 0 Å². The fourth-order valence-electron chi connectivity index (χ4n) is 4.13. The Morgan fingerprint density at radius 2 is 1.15 bits per heavy atom. The molecule has 5 atom stereocenters. The number of methoxy groups -OCH3 is 1. The summed E-state index contributed by atoms with van der Waals surface area (Å²) >= 11 is 0. The number of hydrogen-bond acceptors (Lipinski definition) is 10. The minimum atomic E-state index is -1.20. The Hall–Kier alpha value is -4.09. The van der Waals surface area contributed by atoms with E-state index in [2.05, 4.69) is 5.48 Å². The van der Waals surface area contributed by atoms with Gasteiger partial charge in [0.2, 0.25) is 0 Å². The van der Waals surface area contributed by atoms with Crippen molar-refractivity contribution >= 4 is 17.9 Å². The molecule has 0 amide bonds. The first-order chi connectivity index (χ1) is 19.0. The van der Waals surface area contributed by atoms with E-state index in [1.54, 1.807) is 91.0 Å². The lowest BCUT2D eigenvalue weighted by molar-refractivity contribution is -0.279. The third-order valence-corrected chi connectivity index (χ3v) is 6.04. The van der Waals surface area contributed by atoms with E-state index in [0.29, 0.717) is 5.56 Å². The van der Waals surface area contributed by atoms with Crippen molar-refractivity contribution in [2.45, 2.75) is 30.6 Å². The van der Waals surface area contributed by atoms with Crippen LogP contribution in [0.25, 0.3) is 0 Å². The van der Waals surface area contributed by atoms with Gasteiger partial charge < -0.3 is 28.5 Å². The van der Waals surface area contributed by atoms with Crippen LogP contribution in [0.2, 0.25) is 0 Å². The summed E-state index contributed by atoms with van der Waals surface area (Å²) in [4.78, 5) is 43.9. The Kier molecular flexibility index (Phi) is 9.76. The predicted molar refractivity (Wildman–Crippen MR) is 138 cm³/mol. The number of nitrogens with one attached hydrogen (secondary N) is 1. The zero-order valence-corrected chi connectivity index (χ0v) is 21.4. The van der Waals surface area contributed by atoms with Crippen molar-refractivity contribution < 1.29 is 42.9 Å². The quantitative estimate of drug-likeness (QED) is 0.236. The molecule has 0 saturated carbocycles. The molecule has 4 rings (SSSR count). The Morgan fingerprint density at radius 3 is 1.62 bits per heavy atom. The Morgan fingerprint density at radius 1 is 0.692 bits per heavy atom. The molecule has 39 heavy (non-hydrogen) atoms. The molecule has 1 N–H and O–H groups in total. The zero-order chi connectivity index (χ0) is 27.6. The largest absolute Gasteiger partial charge is 0.459 e. The number of carbonyl (C=O) groups excluding carboxylic acids is 3. The Bertz CT molecular complexity index is 1220. The number of hydroxylamine groups is 1. The van der Waals surface area contributed by atoms with E-state index in [0.717, 1.165) is 0 Å². The third kappa shape index (κ3) is 7.06. The standard InChI is InChI=1S/C29H29NO9/c1-34-29-25(39-28(33)21-16-10-5-11-17-21)24(38-27(32)20-14-8-4-9-15-20)23(30-35-2)22(37-29)18-36-26(31)19-12-6-3-7-13-19/h3-17,22-25,29-30H,18H2,1-2H3/t22-,23-,24+,25-,29+/m1/s1. The second kappa shape index (κ2) is 13.6. The van der Waals surface area contributed by atoms with Crippen LogP contribution in [0.5, 0.6) is 0 Å². The summed E-state index contributed by atoms with van der Waals surface area (Å²) in [6.07, 6.45) is -4.45. The predicted octanol–water partition coefficient (Wildman–Crippen LogP) is 3.19. The van der Waals surface area contributed by atoms with Crippen molar-refractivity contribution in [1.29, 1.82) is 0 Å². The molecular weight excluding hydrogens is 506 g/mol. The van der Waals surface area contributed by atoms with Gasteiger partial charge in [0.25, 0.3) is 0 Å². The monoisotopic (exact) mass is 535 g/mol. The minimum Gasteiger partial charge on any atom is -0.459 e. The molecule has 10 heteroatoms. The highest BCUT2D eigenvalue weighted by atomic mass is 16.7. The van der Waals surface area contributed by atoms with Gasteiger partial charge in [-0.15, -0.1) is 0 Å². The summed E-state index contributed by atoms with van der Waals surface area (Å²) in [6.45, 7) is -0.243. The second-order valence-electron chi connectivity index (χ2n) is 8.56. The second-order valence-corrected chi connectivity index (χ2v) is 8.56. The SMILES string of the molecule is CON[C@H]1[C@H](OC(=O)c2ccccc2)[C@@H](OC(=O)c2ccccc2)[C@@H](OC)O[C@@H]1COC(=O)c1ccccc1. The van der Waals surface area contributed by atoms with Gasteiger partial charge in [-0.2, -0.15) is 5.48 Å². The van der Waals surface area contributed by atoms with Crippen molar-refractivity contribution in [1.82, 2.24) is 5.48 Å². The highest BCUT2D eigenvalue weighted by Crippen LogP contribution is 2.29. The van der Waals surface area contributed by atoms with Crippen molar-refractivity contribution in [3.63, 3.8) is 0 Å². The number of hydrogen-bond donors (Lipinski definition) is 1. The molecule has 0 aromatic heterocycles. The van der Waals surface area contributed by atoms with Crippen LogP contribution in [0, 0.1) is 0 Å². The van der Waals surface area contributed by atoms with Gasteiger partial charge in [-0.3, -0.25) is 0 Å². The maximum Gasteiger partial charge on any atom is 0.338 e. The van der Waals surface area contributed by atoms with Gasteiger partial charge in [0, 0.05) is 7.11 Å². The molecule has 0 aliphatic carbocycles. The molecule has 0 bridgehead atoms. The van der Waals surface area contributed by atoms with Crippen molar-refractivity contribution in [2.24, 2.45) is 0 Å². The van der Waals surface area contributed by atoms with Gasteiger partial charge in [-0.05, 0) is 36.4 Å². The van der Waals surface area contributed by atoms with Crippen LogP contribution in [-0.2, 0) is 28.5 Å². The fourth-order valence-corrected chi connectivity index (χ4v) is 4.13. The molecule has 1 fully saturated rings. The van der Waals surface area contributed by atoms with Crippen LogP contribution < -0.4 is 5.48 Å². The smallest absolute Gasteiger partial charge is 0.338 e. The first kappa shape index (κ1) is 27.9. The molecule has 0 unspecified atom stereocenters. The average molecular weight is 536 g/mol. The number of benzene rings is 3. The molecule has 3 aromatic rings. The Labute approximate surface area is 225 Å². The van der Waals surface area contributed by atoms with Crippen molar-refractivity contribution in [3.05, 3.63) is 108 Å². The normalized spacial score (nSPS) is 22.5. The first-order valence-electron chi connectivity index (χ1n) is 12.2. The lowest BCUT2D eigenvalue weighted by Gasteiger charge is -2.44. The maximum atomic E-state index is 13.1. The van der Waals surface area contributed by atoms with Crippen LogP contribution in [-0.4, -0.2) is 69.4 Å². The lowest BCUT2D eigenvalue weighted by atomic mass is 9.96. The van der Waals surface area contributed by atoms with Crippen molar-refractivity contribution in [2.75, 3.05) is 20.8 Å². The molecule has 0 spiro atoms. The van der Waals surface area contributed by atoms with E-state index in [-0.39, 0.29) is 17.7 Å². The van der Waals surface area contributed by atoms with Gasteiger partial charge in [0.05, 0.1) is 23.8 Å². The number of ether oxygens (including phenoxy) is 5. The number of esters is 3. The van der Waals surface area contributed by atoms with E-state index in [4.69, 9.17) is 28.5 Å². The van der Waals surface area contributed by atoms with E-state index in [9.17, 15) is 14.4 Å². The lowest BCUT2D eigenvalue weighted by Crippen LogP contribution is -2.66. The summed E-state index contributed by atoms with van der Waals surface area (Å²) in [5.74, 6) is -1.90. The van der Waals surface area contributed by atoms with Gasteiger partial charge in [0.1, 0.15) is 18.8 Å². The summed E-state index contributed by atoms with van der Waals surface area (Å²) in [5, 5.41) is 0. The molecule has 0 radical (unpaired) electrons. The maximum absolute atomic E-state index is 13.1. The molecule has 1 aliphatic heterocycles. The van der Waals surface area contributed by atoms with Gasteiger partial charge >= 0.3 is 17.9 Å². The molecular formula is C29H29NO9. The molecule has 1 aliphatic rings. The van der Waals surface area contributed by atoms with Crippen LogP contribution in [0.15, 0.2) is 91.0 Å². The van der Waals surface area contributed by atoms with Gasteiger partial charge in [-0.25, -0.2) is 14.4 Å². The van der Waals surface area contributed by atoms with Crippen LogP contribution in [0.1, 0.15) is 31.1 Å². The molecule has 10 nitrogen and oxygen atoms in total. The number of rotatable bonds is 10. The third-order valence-electron chi connectivity index (χ3n) is 6.04.